The van der Waals surface area contributed by atoms with Gasteiger partial charge >= 0.3 is 5.97 Å². The van der Waals surface area contributed by atoms with Gasteiger partial charge < -0.3 is 14.6 Å². The first kappa shape index (κ1) is 25.1. The van der Waals surface area contributed by atoms with E-state index < -0.39 is 33.9 Å². The average molecular weight is 506 g/mol. The standard InChI is InChI=1S/C24H28FN3O6S/c1-15(2)34-19-5-7-20(8-6-19)35(31,32)27-13-17(11-18(27)14-33-3)28-23-10-16(25)4-9-21(23)22(26-28)12-24(29)30/h4-10,15,17-18H,11-14H2,1-3H3,(H,29,30)/t17-,18-/m1/s1. The van der Waals surface area contributed by atoms with Crippen molar-refractivity contribution in [2.24, 2.45) is 0 Å². The minimum absolute atomic E-state index is 0.0392. The number of carboxylic acid groups (broad SMARTS) is 1. The molecule has 4 rings (SSSR count). The fourth-order valence-electron chi connectivity index (χ4n) is 4.50. The van der Waals surface area contributed by atoms with Crippen molar-refractivity contribution in [3.05, 3.63) is 54.0 Å². The molecule has 1 N–H and O–H groups in total. The molecule has 0 spiro atoms. The molecule has 3 aromatic rings. The van der Waals surface area contributed by atoms with Crippen LogP contribution in [0.15, 0.2) is 47.4 Å². The van der Waals surface area contributed by atoms with E-state index in [1.54, 1.807) is 16.8 Å². The molecule has 188 valence electrons. The Labute approximate surface area is 203 Å². The summed E-state index contributed by atoms with van der Waals surface area (Å²) < 4.78 is 55.0. The summed E-state index contributed by atoms with van der Waals surface area (Å²) in [5.41, 5.74) is 0.731. The topological polar surface area (TPSA) is 111 Å². The van der Waals surface area contributed by atoms with Crippen molar-refractivity contribution in [3.8, 4) is 5.75 Å². The zero-order chi connectivity index (χ0) is 25.3. The molecule has 0 bridgehead atoms. The fraction of sp³-hybridized carbons (Fsp3) is 0.417. The highest BCUT2D eigenvalue weighted by atomic mass is 32.2. The summed E-state index contributed by atoms with van der Waals surface area (Å²) in [6, 6.07) is 9.40. The summed E-state index contributed by atoms with van der Waals surface area (Å²) in [6.07, 6.45) is 0.0139. The van der Waals surface area contributed by atoms with Gasteiger partial charge in [0.2, 0.25) is 10.0 Å². The van der Waals surface area contributed by atoms with Crippen LogP contribution in [0, 0.1) is 5.82 Å². The van der Waals surface area contributed by atoms with Gasteiger partial charge in [0, 0.05) is 19.0 Å². The van der Waals surface area contributed by atoms with Crippen molar-refractivity contribution in [2.75, 3.05) is 20.3 Å². The molecule has 0 radical (unpaired) electrons. The zero-order valence-electron chi connectivity index (χ0n) is 19.7. The number of carboxylic acids is 1. The smallest absolute Gasteiger partial charge is 0.309 e. The average Bonchev–Trinajstić information content (AvgIpc) is 3.35. The van der Waals surface area contributed by atoms with E-state index in [9.17, 15) is 22.7 Å². The third kappa shape index (κ3) is 5.16. The van der Waals surface area contributed by atoms with Crippen molar-refractivity contribution >= 4 is 26.9 Å². The summed E-state index contributed by atoms with van der Waals surface area (Å²) in [6.45, 7) is 4.02. The molecule has 1 saturated heterocycles. The largest absolute Gasteiger partial charge is 0.491 e. The highest BCUT2D eigenvalue weighted by Gasteiger charge is 2.42. The Bertz CT molecular complexity index is 1320. The fourth-order valence-corrected chi connectivity index (χ4v) is 6.16. The van der Waals surface area contributed by atoms with Crippen LogP contribution in [0.5, 0.6) is 5.75 Å². The van der Waals surface area contributed by atoms with E-state index in [-0.39, 0.29) is 30.6 Å². The van der Waals surface area contributed by atoms with Gasteiger partial charge in [-0.1, -0.05) is 0 Å². The lowest BCUT2D eigenvalue weighted by molar-refractivity contribution is -0.136. The minimum Gasteiger partial charge on any atom is -0.491 e. The van der Waals surface area contributed by atoms with Crippen LogP contribution in [0.1, 0.15) is 32.0 Å². The van der Waals surface area contributed by atoms with E-state index in [2.05, 4.69) is 5.10 Å². The second-order valence-electron chi connectivity index (χ2n) is 8.83. The molecule has 0 amide bonds. The third-order valence-electron chi connectivity index (χ3n) is 5.91. The molecule has 0 saturated carbocycles. The van der Waals surface area contributed by atoms with Crippen molar-refractivity contribution in [1.29, 1.82) is 0 Å². The molecule has 0 aliphatic carbocycles. The van der Waals surface area contributed by atoms with Crippen molar-refractivity contribution < 1.29 is 32.2 Å². The Morgan fingerprint density at radius 3 is 2.57 bits per heavy atom. The number of hydrogen-bond acceptors (Lipinski definition) is 6. The van der Waals surface area contributed by atoms with Gasteiger partial charge in [-0.15, -0.1) is 0 Å². The van der Waals surface area contributed by atoms with E-state index in [0.717, 1.165) is 0 Å². The number of ether oxygens (including phenoxy) is 2. The molecule has 1 aliphatic heterocycles. The van der Waals surface area contributed by atoms with E-state index >= 15 is 0 Å². The minimum atomic E-state index is -3.88. The number of aromatic nitrogens is 2. The number of benzene rings is 2. The van der Waals surface area contributed by atoms with Gasteiger partial charge in [0.15, 0.2) is 0 Å². The molecule has 2 aromatic carbocycles. The number of aliphatic carboxylic acids is 1. The lowest BCUT2D eigenvalue weighted by Crippen LogP contribution is -2.38. The third-order valence-corrected chi connectivity index (χ3v) is 7.85. The number of methoxy groups -OCH3 is 1. The molecule has 1 aromatic heterocycles. The molecule has 11 heteroatoms. The number of fused-ring (bicyclic) bond motifs is 1. The Balaban J connectivity index is 1.69. The first-order valence-electron chi connectivity index (χ1n) is 11.3. The maximum Gasteiger partial charge on any atom is 0.309 e. The van der Waals surface area contributed by atoms with Gasteiger partial charge in [0.25, 0.3) is 0 Å². The maximum absolute atomic E-state index is 14.1. The van der Waals surface area contributed by atoms with Crippen LogP contribution in [0.2, 0.25) is 0 Å². The Kier molecular flexibility index (Phi) is 7.11. The van der Waals surface area contributed by atoms with E-state index in [4.69, 9.17) is 9.47 Å². The summed E-state index contributed by atoms with van der Waals surface area (Å²) in [7, 11) is -2.38. The lowest BCUT2D eigenvalue weighted by Gasteiger charge is -2.23. The summed E-state index contributed by atoms with van der Waals surface area (Å²) in [4.78, 5) is 11.5. The first-order chi connectivity index (χ1) is 16.6. The molecular formula is C24H28FN3O6S. The van der Waals surface area contributed by atoms with Gasteiger partial charge in [-0.3, -0.25) is 9.48 Å². The summed E-state index contributed by atoms with van der Waals surface area (Å²) in [5, 5.41) is 14.3. The van der Waals surface area contributed by atoms with Crippen molar-refractivity contribution in [3.63, 3.8) is 0 Å². The van der Waals surface area contributed by atoms with Gasteiger partial charge in [0.05, 0.1) is 47.3 Å². The second kappa shape index (κ2) is 9.92. The van der Waals surface area contributed by atoms with Crippen LogP contribution >= 0.6 is 0 Å². The van der Waals surface area contributed by atoms with Crippen molar-refractivity contribution in [1.82, 2.24) is 14.1 Å². The number of nitrogens with zero attached hydrogens (tertiary/aromatic N) is 3. The Morgan fingerprint density at radius 2 is 1.94 bits per heavy atom. The van der Waals surface area contributed by atoms with Gasteiger partial charge in [-0.25, -0.2) is 12.8 Å². The summed E-state index contributed by atoms with van der Waals surface area (Å²) in [5.74, 6) is -0.971. The number of halogens is 1. The van der Waals surface area contributed by atoms with Crippen LogP contribution in [0.4, 0.5) is 4.39 Å². The van der Waals surface area contributed by atoms with E-state index in [1.165, 1.54) is 41.7 Å². The molecule has 0 unspecified atom stereocenters. The molecule has 2 heterocycles. The normalized spacial score (nSPS) is 19.0. The first-order valence-corrected chi connectivity index (χ1v) is 12.7. The van der Waals surface area contributed by atoms with Crippen LogP contribution in [0.25, 0.3) is 10.9 Å². The van der Waals surface area contributed by atoms with Gasteiger partial charge in [0.1, 0.15) is 11.6 Å². The molecule has 35 heavy (non-hydrogen) atoms. The van der Waals surface area contributed by atoms with E-state index in [1.807, 2.05) is 13.8 Å². The monoisotopic (exact) mass is 505 g/mol. The molecule has 1 aliphatic rings. The number of hydrogen-bond donors (Lipinski definition) is 1. The molecule has 9 nitrogen and oxygen atoms in total. The number of sulfonamides is 1. The van der Waals surface area contributed by atoms with E-state index in [0.29, 0.717) is 28.8 Å². The SMILES string of the molecule is COC[C@H]1C[C@@H](n2nc(CC(=O)O)c3ccc(F)cc32)CN1S(=O)(=O)c1ccc(OC(C)C)cc1. The molecule has 1 fully saturated rings. The highest BCUT2D eigenvalue weighted by molar-refractivity contribution is 7.89. The second-order valence-corrected chi connectivity index (χ2v) is 10.7. The molecular weight excluding hydrogens is 477 g/mol. The maximum atomic E-state index is 14.1. The van der Waals surface area contributed by atoms with Gasteiger partial charge in [-0.05, 0) is 62.7 Å². The Hall–Kier alpha value is -3.02. The van der Waals surface area contributed by atoms with Crippen LogP contribution in [-0.4, -0.2) is 66.0 Å². The lowest BCUT2D eigenvalue weighted by atomic mass is 10.1. The van der Waals surface area contributed by atoms with Crippen LogP contribution < -0.4 is 4.74 Å². The highest BCUT2D eigenvalue weighted by Crippen LogP contribution is 2.35. The number of carbonyl (C=O) groups is 1. The summed E-state index contributed by atoms with van der Waals surface area (Å²) >= 11 is 0. The predicted octanol–water partition coefficient (Wildman–Crippen LogP) is 3.24. The van der Waals surface area contributed by atoms with Crippen LogP contribution in [0.3, 0.4) is 0 Å². The zero-order valence-corrected chi connectivity index (χ0v) is 20.5. The molecule has 2 atom stereocenters. The van der Waals surface area contributed by atoms with Crippen LogP contribution in [-0.2, 0) is 26.0 Å². The Morgan fingerprint density at radius 1 is 1.23 bits per heavy atom. The van der Waals surface area contributed by atoms with Gasteiger partial charge in [-0.2, -0.15) is 9.40 Å². The predicted molar refractivity (Wildman–Crippen MR) is 126 cm³/mol. The quantitative estimate of drug-likeness (QED) is 0.475. The van der Waals surface area contributed by atoms with Crippen molar-refractivity contribution in [2.45, 2.75) is 49.8 Å². The number of rotatable bonds is 9.